The molecule has 12 heteroatoms. The Labute approximate surface area is 244 Å². The van der Waals surface area contributed by atoms with E-state index in [-0.39, 0.29) is 24.8 Å². The van der Waals surface area contributed by atoms with Crippen molar-refractivity contribution in [1.82, 2.24) is 9.55 Å². The van der Waals surface area contributed by atoms with E-state index in [1.165, 1.54) is 12.8 Å². The van der Waals surface area contributed by atoms with Crippen LogP contribution in [0.1, 0.15) is 73.6 Å². The summed E-state index contributed by atoms with van der Waals surface area (Å²) >= 11 is 0. The molecule has 3 fully saturated rings. The summed E-state index contributed by atoms with van der Waals surface area (Å²) in [6.07, 6.45) is 4.95. The zero-order valence-corrected chi connectivity index (χ0v) is 24.5. The van der Waals surface area contributed by atoms with Crippen LogP contribution in [0.25, 0.3) is 11.0 Å². The molecule has 3 aromatic rings. The number of aliphatic hydroxyl groups excluding tert-OH is 1. The van der Waals surface area contributed by atoms with Gasteiger partial charge in [0.1, 0.15) is 5.82 Å². The smallest absolute Gasteiger partial charge is 0.257 e. The average Bonchev–Trinajstić information content (AvgIpc) is 3.61. The number of sulfonamides is 1. The lowest BCUT2D eigenvalue weighted by Crippen LogP contribution is -2.35. The first-order valence-corrected chi connectivity index (χ1v) is 16.3. The maximum atomic E-state index is 13.8. The number of aromatic nitrogens is 2. The molecule has 2 heterocycles. The van der Waals surface area contributed by atoms with Gasteiger partial charge in [-0.3, -0.25) is 9.52 Å². The third-order valence-electron chi connectivity index (χ3n) is 9.17. The van der Waals surface area contributed by atoms with Crippen molar-refractivity contribution in [3.63, 3.8) is 0 Å². The van der Waals surface area contributed by atoms with E-state index in [9.17, 15) is 22.0 Å². The van der Waals surface area contributed by atoms with Gasteiger partial charge in [0.2, 0.25) is 15.9 Å². The molecule has 1 aliphatic heterocycles. The van der Waals surface area contributed by atoms with E-state index in [0.29, 0.717) is 40.9 Å². The second-order valence-electron chi connectivity index (χ2n) is 12.1. The number of piperidine rings is 1. The molecule has 0 bridgehead atoms. The zero-order valence-electron chi connectivity index (χ0n) is 23.7. The number of carbonyl (C=O) groups excluding carboxylic acids is 1. The molecule has 1 amide bonds. The number of hydrogen-bond acceptors (Lipinski definition) is 6. The number of anilines is 3. The molecule has 3 aliphatic rings. The number of amides is 1. The zero-order chi connectivity index (χ0) is 29.7. The van der Waals surface area contributed by atoms with Crippen LogP contribution >= 0.6 is 0 Å². The van der Waals surface area contributed by atoms with Gasteiger partial charge in [0.05, 0.1) is 40.3 Å². The predicted octanol–water partition coefficient (Wildman–Crippen LogP) is 5.46. The number of hydrogen-bond donors (Lipinski definition) is 3. The Hall–Kier alpha value is -3.25. The van der Waals surface area contributed by atoms with E-state index in [1.54, 1.807) is 24.3 Å². The van der Waals surface area contributed by atoms with Crippen LogP contribution in [0.15, 0.2) is 36.4 Å². The van der Waals surface area contributed by atoms with Crippen LogP contribution in [-0.4, -0.2) is 60.4 Å². The molecule has 6 rings (SSSR count). The summed E-state index contributed by atoms with van der Waals surface area (Å²) in [4.78, 5) is 20.5. The van der Waals surface area contributed by atoms with E-state index in [1.807, 2.05) is 23.6 Å². The van der Waals surface area contributed by atoms with E-state index >= 15 is 0 Å². The molecule has 1 aromatic heterocycles. The van der Waals surface area contributed by atoms with Crippen LogP contribution < -0.4 is 14.9 Å². The number of aliphatic hydroxyl groups is 1. The first-order chi connectivity index (χ1) is 20.0. The lowest BCUT2D eigenvalue weighted by molar-refractivity contribution is -0.0437. The number of fused-ring (bicyclic) bond motifs is 1. The van der Waals surface area contributed by atoms with Crippen molar-refractivity contribution in [1.29, 1.82) is 0 Å². The third kappa shape index (κ3) is 5.96. The first-order valence-electron chi connectivity index (χ1n) is 14.6. The molecule has 0 unspecified atom stereocenters. The Balaban J connectivity index is 1.27. The standard InChI is InChI=1S/C30H37F2N5O4S/c1-20-33-25-5-3-21(18-27(25)37(20)23-6-8-30(31,32)9-7-23)34-28(39)24-4-2-22(35-42(40,41)17-16-38)19-26(24)36-14-12-29(10-11-29)13-15-36/h2-5,18-19,23,35,38H,6-17H2,1H3,(H,34,39). The quantitative estimate of drug-likeness (QED) is 0.316. The summed E-state index contributed by atoms with van der Waals surface area (Å²) in [7, 11) is -3.73. The second-order valence-corrected chi connectivity index (χ2v) is 14.0. The highest BCUT2D eigenvalue weighted by Crippen LogP contribution is 2.54. The molecule has 42 heavy (non-hydrogen) atoms. The minimum absolute atomic E-state index is 0.0804. The van der Waals surface area contributed by atoms with Gasteiger partial charge in [-0.25, -0.2) is 22.2 Å². The lowest BCUT2D eigenvalue weighted by atomic mass is 9.92. The van der Waals surface area contributed by atoms with E-state index in [0.717, 1.165) is 42.8 Å². The Morgan fingerprint density at radius 3 is 2.38 bits per heavy atom. The molecular formula is C30H37F2N5O4S. The van der Waals surface area contributed by atoms with Gasteiger partial charge in [0.25, 0.3) is 5.91 Å². The number of imidazole rings is 1. The molecule has 1 saturated heterocycles. The van der Waals surface area contributed by atoms with E-state index < -0.39 is 28.3 Å². The average molecular weight is 602 g/mol. The molecule has 2 aliphatic carbocycles. The fourth-order valence-corrected chi connectivity index (χ4v) is 7.36. The fourth-order valence-electron chi connectivity index (χ4n) is 6.53. The van der Waals surface area contributed by atoms with Crippen molar-refractivity contribution in [2.75, 3.05) is 40.4 Å². The summed E-state index contributed by atoms with van der Waals surface area (Å²) in [5.41, 5.74) is 3.92. The third-order valence-corrected chi connectivity index (χ3v) is 10.4. The highest BCUT2D eigenvalue weighted by molar-refractivity contribution is 7.92. The summed E-state index contributed by atoms with van der Waals surface area (Å²) in [5, 5.41) is 12.1. The summed E-state index contributed by atoms with van der Waals surface area (Å²) in [6, 6.07) is 10.2. The molecule has 0 radical (unpaired) electrons. The van der Waals surface area contributed by atoms with Gasteiger partial charge in [-0.2, -0.15) is 0 Å². The summed E-state index contributed by atoms with van der Waals surface area (Å²) in [5.74, 6) is -2.62. The van der Waals surface area contributed by atoms with Crippen molar-refractivity contribution >= 4 is 44.0 Å². The molecule has 2 saturated carbocycles. The Kier molecular flexibility index (Phi) is 7.41. The number of benzene rings is 2. The van der Waals surface area contributed by atoms with Crippen LogP contribution in [0.4, 0.5) is 25.8 Å². The van der Waals surface area contributed by atoms with E-state index in [2.05, 4.69) is 19.9 Å². The number of nitrogens with zero attached hydrogens (tertiary/aromatic N) is 3. The molecule has 3 N–H and O–H groups in total. The molecule has 226 valence electrons. The van der Waals surface area contributed by atoms with Gasteiger partial charge >= 0.3 is 0 Å². The van der Waals surface area contributed by atoms with Gasteiger partial charge in [-0.05, 0) is 87.3 Å². The number of rotatable bonds is 8. The van der Waals surface area contributed by atoms with Crippen molar-refractivity contribution < 1.29 is 27.1 Å². The van der Waals surface area contributed by atoms with Gasteiger partial charge in [0.15, 0.2) is 0 Å². The molecule has 9 nitrogen and oxygen atoms in total. The molecular weight excluding hydrogens is 564 g/mol. The number of nitrogens with one attached hydrogen (secondary N) is 2. The van der Waals surface area contributed by atoms with Crippen molar-refractivity contribution in [3.8, 4) is 0 Å². The molecule has 2 aromatic carbocycles. The van der Waals surface area contributed by atoms with Crippen LogP contribution in [-0.2, 0) is 10.0 Å². The second kappa shape index (κ2) is 10.8. The maximum absolute atomic E-state index is 13.8. The minimum atomic E-state index is -3.73. The Morgan fingerprint density at radius 2 is 1.71 bits per heavy atom. The lowest BCUT2D eigenvalue weighted by Gasteiger charge is -2.35. The van der Waals surface area contributed by atoms with Crippen LogP contribution in [0.2, 0.25) is 0 Å². The van der Waals surface area contributed by atoms with Crippen molar-refractivity contribution in [2.24, 2.45) is 5.41 Å². The normalized spacial score (nSPS) is 20.1. The highest BCUT2D eigenvalue weighted by atomic mass is 32.2. The largest absolute Gasteiger partial charge is 0.395 e. The van der Waals surface area contributed by atoms with Crippen LogP contribution in [0.3, 0.4) is 0 Å². The number of carbonyl (C=O) groups is 1. The predicted molar refractivity (Wildman–Crippen MR) is 159 cm³/mol. The Bertz CT molecular complexity index is 1600. The van der Waals surface area contributed by atoms with Crippen LogP contribution in [0.5, 0.6) is 0 Å². The SMILES string of the molecule is Cc1nc2ccc(NC(=O)c3ccc(NS(=O)(=O)CCO)cc3N3CCC4(CC3)CC4)cc2n1C1CCC(F)(F)CC1. The number of aryl methyl sites for hydroxylation is 1. The first kappa shape index (κ1) is 28.9. The van der Waals surface area contributed by atoms with Gasteiger partial charge < -0.3 is 19.9 Å². The van der Waals surface area contributed by atoms with Crippen molar-refractivity contribution in [3.05, 3.63) is 47.8 Å². The Morgan fingerprint density at radius 1 is 1.02 bits per heavy atom. The minimum Gasteiger partial charge on any atom is -0.395 e. The summed E-state index contributed by atoms with van der Waals surface area (Å²) in [6.45, 7) is 2.93. The maximum Gasteiger partial charge on any atom is 0.257 e. The number of alkyl halides is 2. The highest BCUT2D eigenvalue weighted by Gasteiger charge is 2.44. The van der Waals surface area contributed by atoms with Gasteiger partial charge in [-0.1, -0.05) is 0 Å². The topological polar surface area (TPSA) is 117 Å². The van der Waals surface area contributed by atoms with E-state index in [4.69, 9.17) is 5.11 Å². The summed E-state index contributed by atoms with van der Waals surface area (Å²) < 4.78 is 56.8. The van der Waals surface area contributed by atoms with Crippen molar-refractivity contribution in [2.45, 2.75) is 70.3 Å². The molecule has 0 atom stereocenters. The van der Waals surface area contributed by atoms with Gasteiger partial charge in [0, 0.05) is 37.7 Å². The van der Waals surface area contributed by atoms with Crippen LogP contribution in [0, 0.1) is 12.3 Å². The number of halogens is 2. The molecule has 1 spiro atoms. The van der Waals surface area contributed by atoms with Gasteiger partial charge in [-0.15, -0.1) is 0 Å². The fraction of sp³-hybridized carbons (Fsp3) is 0.533. The monoisotopic (exact) mass is 601 g/mol.